The van der Waals surface area contributed by atoms with Crippen molar-refractivity contribution in [1.29, 1.82) is 0 Å². The molecule has 5 aromatic rings. The summed E-state index contributed by atoms with van der Waals surface area (Å²) in [7, 11) is 0. The van der Waals surface area contributed by atoms with Crippen LogP contribution in [0.25, 0.3) is 22.4 Å². The number of pyridine rings is 1. The van der Waals surface area contributed by atoms with Gasteiger partial charge in [0.2, 0.25) is 0 Å². The van der Waals surface area contributed by atoms with Gasteiger partial charge in [-0.2, -0.15) is 4.68 Å². The first-order valence-corrected chi connectivity index (χ1v) is 11.6. The van der Waals surface area contributed by atoms with Crippen molar-refractivity contribution in [1.82, 2.24) is 50.1 Å². The molecule has 0 aliphatic carbocycles. The number of nitrogens with one attached hydrogen (secondary N) is 1. The third-order valence-corrected chi connectivity index (χ3v) is 6.93. The van der Waals surface area contributed by atoms with Crippen molar-refractivity contribution in [3.8, 4) is 11.5 Å². The number of fused-ring (bicyclic) bond motifs is 3. The van der Waals surface area contributed by atoms with Gasteiger partial charge in [-0.05, 0) is 29.0 Å². The summed E-state index contributed by atoms with van der Waals surface area (Å²) in [5, 5.41) is 19.8. The monoisotopic (exact) mass is 499 g/mol. The number of rotatable bonds is 5. The van der Waals surface area contributed by atoms with Gasteiger partial charge in [0.1, 0.15) is 0 Å². The third-order valence-electron chi connectivity index (χ3n) is 6.93. The second kappa shape index (κ2) is 8.01. The maximum Gasteiger partial charge on any atom is 0.295 e. The van der Waals surface area contributed by atoms with Gasteiger partial charge in [-0.15, -0.1) is 5.10 Å². The predicted octanol–water partition coefficient (Wildman–Crippen LogP) is 0.931. The van der Waals surface area contributed by atoms with Gasteiger partial charge in [0.25, 0.3) is 17.6 Å². The lowest BCUT2D eigenvalue weighted by atomic mass is 10.1. The molecule has 2 aliphatic heterocycles. The van der Waals surface area contributed by atoms with E-state index in [0.717, 1.165) is 11.9 Å². The number of para-hydroxylation sites is 1. The number of benzene rings is 1. The van der Waals surface area contributed by atoms with Crippen LogP contribution in [0.3, 0.4) is 0 Å². The number of hydrogen-bond donors (Lipinski definition) is 1. The van der Waals surface area contributed by atoms with Gasteiger partial charge in [-0.1, -0.05) is 28.5 Å². The molecule has 4 aromatic heterocycles. The summed E-state index contributed by atoms with van der Waals surface area (Å²) in [6, 6.07) is 9.31. The van der Waals surface area contributed by atoms with Gasteiger partial charge in [-0.25, -0.2) is 14.1 Å². The number of piperazine rings is 1. The summed E-state index contributed by atoms with van der Waals surface area (Å²) in [5.41, 5.74) is 1.03. The van der Waals surface area contributed by atoms with Crippen molar-refractivity contribution in [3.05, 3.63) is 66.5 Å². The number of nitrogens with zero attached hydrogens (tertiary/aromatic N) is 10. The second-order valence-corrected chi connectivity index (χ2v) is 8.94. The zero-order valence-electron chi connectivity index (χ0n) is 19.1. The first-order valence-electron chi connectivity index (χ1n) is 11.6. The highest BCUT2D eigenvalue weighted by molar-refractivity contribution is 6.45. The quantitative estimate of drug-likeness (QED) is 0.276. The third kappa shape index (κ3) is 3.22. The van der Waals surface area contributed by atoms with Crippen molar-refractivity contribution in [3.63, 3.8) is 0 Å². The number of aromatic nitrogens is 9. The van der Waals surface area contributed by atoms with E-state index >= 15 is 0 Å². The van der Waals surface area contributed by atoms with E-state index in [0.29, 0.717) is 25.5 Å². The molecule has 13 nitrogen and oxygen atoms in total. The van der Waals surface area contributed by atoms with Crippen molar-refractivity contribution < 1.29 is 14.0 Å². The molecule has 14 heteroatoms. The molecule has 184 valence electrons. The summed E-state index contributed by atoms with van der Waals surface area (Å²) in [6.45, 7) is 0.826. The standard InChI is InChI=1S/C23H18FN11O2/c24-17-10-26-21(34-7-6-27-30-34)19-18(17)16(9-25-19)20(36)22(37)32-11-15-8-14(32)12-33(15)23-28-29-31-35(23)13-4-2-1-3-5-13/h1-7,9-10,14-15,25H,8,11-12H2/t14-,15-/m0/s1. The minimum absolute atomic E-state index is 0.00753. The first kappa shape index (κ1) is 21.3. The van der Waals surface area contributed by atoms with E-state index in [1.54, 1.807) is 15.8 Å². The molecule has 2 saturated heterocycles. The summed E-state index contributed by atoms with van der Waals surface area (Å²) in [5.74, 6) is -1.31. The minimum atomic E-state index is -0.783. The van der Waals surface area contributed by atoms with Crippen LogP contribution in [0.2, 0.25) is 0 Å². The Balaban J connectivity index is 1.14. The average Bonchev–Trinajstić information content (AvgIpc) is 3.76. The summed E-state index contributed by atoms with van der Waals surface area (Å²) in [4.78, 5) is 37.2. The zero-order valence-corrected chi connectivity index (χ0v) is 19.1. The molecule has 1 aromatic carbocycles. The average molecular weight is 499 g/mol. The van der Waals surface area contributed by atoms with Crippen LogP contribution in [-0.2, 0) is 4.79 Å². The summed E-state index contributed by atoms with van der Waals surface area (Å²) < 4.78 is 17.8. The molecule has 1 amide bonds. The highest BCUT2D eigenvalue weighted by atomic mass is 19.1. The van der Waals surface area contributed by atoms with Crippen LogP contribution in [0, 0.1) is 5.82 Å². The SMILES string of the molecule is O=C(C(=O)N1C[C@@H]2C[C@H]1CN2c1nnnn1-c1ccccc1)c1c[nH]c2c(-n3ccnn3)ncc(F)c12. The van der Waals surface area contributed by atoms with Crippen LogP contribution < -0.4 is 4.90 Å². The largest absolute Gasteiger partial charge is 0.357 e. The van der Waals surface area contributed by atoms with Crippen LogP contribution in [0.5, 0.6) is 0 Å². The van der Waals surface area contributed by atoms with Crippen LogP contribution in [-0.4, -0.2) is 86.9 Å². The number of tetrazole rings is 1. The number of carbonyl (C=O) groups excluding carboxylic acids is 2. The second-order valence-electron chi connectivity index (χ2n) is 8.94. The molecule has 0 radical (unpaired) electrons. The van der Waals surface area contributed by atoms with Gasteiger partial charge in [0, 0.05) is 19.3 Å². The number of H-pyrrole nitrogens is 1. The van der Waals surface area contributed by atoms with E-state index < -0.39 is 17.5 Å². The van der Waals surface area contributed by atoms with Crippen LogP contribution in [0.4, 0.5) is 10.3 Å². The maximum atomic E-state index is 14.8. The van der Waals surface area contributed by atoms with E-state index in [1.807, 2.05) is 30.3 Å². The Morgan fingerprint density at radius 3 is 2.70 bits per heavy atom. The van der Waals surface area contributed by atoms with Crippen molar-refractivity contribution in [2.75, 3.05) is 18.0 Å². The normalized spacial score (nSPS) is 18.7. The minimum Gasteiger partial charge on any atom is -0.357 e. The number of aromatic amines is 1. The molecule has 2 fully saturated rings. The van der Waals surface area contributed by atoms with Crippen molar-refractivity contribution in [2.45, 2.75) is 18.5 Å². The maximum absolute atomic E-state index is 14.8. The number of carbonyl (C=O) groups is 2. The van der Waals surface area contributed by atoms with E-state index in [1.165, 1.54) is 17.1 Å². The van der Waals surface area contributed by atoms with Gasteiger partial charge < -0.3 is 14.8 Å². The number of hydrogen-bond acceptors (Lipinski definition) is 9. The summed E-state index contributed by atoms with van der Waals surface area (Å²) in [6.07, 6.45) is 6.03. The molecule has 6 heterocycles. The number of ketones is 1. The van der Waals surface area contributed by atoms with Gasteiger partial charge in [0.05, 0.1) is 52.8 Å². The molecule has 7 rings (SSSR count). The van der Waals surface area contributed by atoms with Crippen LogP contribution in [0.15, 0.2) is 55.1 Å². The number of amides is 1. The smallest absolute Gasteiger partial charge is 0.295 e. The Labute approximate surface area is 207 Å². The number of likely N-dealkylation sites (tertiary alicyclic amines) is 1. The van der Waals surface area contributed by atoms with Crippen LogP contribution >= 0.6 is 0 Å². The molecule has 0 unspecified atom stereocenters. The lowest BCUT2D eigenvalue weighted by Crippen LogP contribution is -2.51. The highest BCUT2D eigenvalue weighted by Gasteiger charge is 2.48. The fourth-order valence-corrected chi connectivity index (χ4v) is 5.27. The Morgan fingerprint density at radius 2 is 1.95 bits per heavy atom. The lowest BCUT2D eigenvalue weighted by molar-refractivity contribution is -0.127. The zero-order chi connectivity index (χ0) is 25.1. The predicted molar refractivity (Wildman–Crippen MR) is 126 cm³/mol. The lowest BCUT2D eigenvalue weighted by Gasteiger charge is -2.33. The Morgan fingerprint density at radius 1 is 1.08 bits per heavy atom. The summed E-state index contributed by atoms with van der Waals surface area (Å²) >= 11 is 0. The van der Waals surface area contributed by atoms with E-state index in [9.17, 15) is 14.0 Å². The fourth-order valence-electron chi connectivity index (χ4n) is 5.27. The van der Waals surface area contributed by atoms with E-state index in [-0.39, 0.29) is 34.4 Å². The van der Waals surface area contributed by atoms with E-state index in [4.69, 9.17) is 0 Å². The van der Waals surface area contributed by atoms with Crippen molar-refractivity contribution >= 4 is 28.5 Å². The van der Waals surface area contributed by atoms with Crippen LogP contribution in [0.1, 0.15) is 16.8 Å². The number of anilines is 1. The Bertz CT molecular complexity index is 1650. The molecule has 2 aliphatic rings. The topological polar surface area (TPSA) is 144 Å². The highest BCUT2D eigenvalue weighted by Crippen LogP contribution is 2.35. The Hall–Kier alpha value is -5.01. The molecule has 0 saturated carbocycles. The first-order chi connectivity index (χ1) is 18.1. The molecular formula is C23H18FN11O2. The van der Waals surface area contributed by atoms with E-state index in [2.05, 4.69) is 40.7 Å². The van der Waals surface area contributed by atoms with Gasteiger partial charge >= 0.3 is 0 Å². The molecule has 1 N–H and O–H groups in total. The Kier molecular flexibility index (Phi) is 4.61. The van der Waals surface area contributed by atoms with Crippen molar-refractivity contribution in [2.24, 2.45) is 0 Å². The number of halogens is 1. The molecule has 2 bridgehead atoms. The van der Waals surface area contributed by atoms with Gasteiger partial charge in [-0.3, -0.25) is 9.59 Å². The molecular weight excluding hydrogens is 481 g/mol. The fraction of sp³-hybridized carbons (Fsp3) is 0.217. The number of Topliss-reactive ketones (excluding diaryl/α,β-unsaturated/α-hetero) is 1. The molecule has 37 heavy (non-hydrogen) atoms. The molecule has 0 spiro atoms. The van der Waals surface area contributed by atoms with Gasteiger partial charge in [0.15, 0.2) is 11.6 Å². The molecule has 2 atom stereocenters.